The number of hydrogen-bond acceptors (Lipinski definition) is 6. The van der Waals surface area contributed by atoms with Crippen LogP contribution in [0.4, 0.5) is 0 Å². The molecule has 0 aliphatic heterocycles. The zero-order valence-corrected chi connectivity index (χ0v) is 22.0. The number of esters is 1. The van der Waals surface area contributed by atoms with Crippen LogP contribution in [0.3, 0.4) is 0 Å². The van der Waals surface area contributed by atoms with Gasteiger partial charge in [0.05, 0.1) is 22.9 Å². The van der Waals surface area contributed by atoms with Gasteiger partial charge in [-0.2, -0.15) is 10.4 Å². The van der Waals surface area contributed by atoms with Crippen molar-refractivity contribution in [2.24, 2.45) is 5.10 Å². The second-order valence-corrected chi connectivity index (χ2v) is 9.64. The van der Waals surface area contributed by atoms with E-state index in [1.165, 1.54) is 0 Å². The summed E-state index contributed by atoms with van der Waals surface area (Å²) in [6.07, 6.45) is 2.10. The lowest BCUT2D eigenvalue weighted by molar-refractivity contribution is 0.0698. The van der Waals surface area contributed by atoms with Crippen molar-refractivity contribution < 1.29 is 18.7 Å². The average molecular weight is 568 g/mol. The van der Waals surface area contributed by atoms with Crippen LogP contribution in [-0.2, 0) is 6.42 Å². The molecule has 5 rings (SSSR count). The van der Waals surface area contributed by atoms with Gasteiger partial charge in [0.15, 0.2) is 0 Å². The third kappa shape index (κ3) is 5.15. The highest BCUT2D eigenvalue weighted by molar-refractivity contribution is 9.10. The van der Waals surface area contributed by atoms with Crippen LogP contribution < -0.4 is 10.2 Å². The number of hydrogen-bond donors (Lipinski definition) is 1. The maximum absolute atomic E-state index is 13.0. The number of fused-ring (bicyclic) bond motifs is 1. The average Bonchev–Trinajstić information content (AvgIpc) is 3.29. The molecule has 1 heterocycles. The first-order chi connectivity index (χ1) is 18.4. The Morgan fingerprint density at radius 1 is 1.00 bits per heavy atom. The van der Waals surface area contributed by atoms with E-state index < -0.39 is 5.97 Å². The van der Waals surface area contributed by atoms with Crippen LogP contribution in [0.2, 0.25) is 0 Å². The Labute approximate surface area is 227 Å². The predicted octanol–water partition coefficient (Wildman–Crippen LogP) is 6.58. The highest BCUT2D eigenvalue weighted by Crippen LogP contribution is 2.31. The molecule has 1 N–H and O–H groups in total. The van der Waals surface area contributed by atoms with Gasteiger partial charge in [-0.05, 0) is 83.2 Å². The lowest BCUT2D eigenvalue weighted by Gasteiger charge is -2.13. The molecule has 4 aromatic rings. The molecule has 3 aromatic carbocycles. The first kappa shape index (κ1) is 25.2. The van der Waals surface area contributed by atoms with Crippen molar-refractivity contribution in [2.75, 3.05) is 0 Å². The summed E-state index contributed by atoms with van der Waals surface area (Å²) >= 11 is 3.38. The maximum atomic E-state index is 13.0. The second kappa shape index (κ2) is 10.9. The van der Waals surface area contributed by atoms with Gasteiger partial charge in [-0.3, -0.25) is 4.79 Å². The van der Waals surface area contributed by atoms with Crippen LogP contribution in [0.15, 0.2) is 86.8 Å². The number of nitriles is 1. The molecular formula is C30H22BrN3O4. The summed E-state index contributed by atoms with van der Waals surface area (Å²) in [6.45, 7) is 1.80. The Balaban J connectivity index is 1.32. The van der Waals surface area contributed by atoms with Gasteiger partial charge in [-0.1, -0.05) is 36.4 Å². The number of nitrogens with one attached hydrogen (secondary N) is 1. The van der Waals surface area contributed by atoms with E-state index >= 15 is 0 Å². The number of carbonyl (C=O) groups excluding carboxylic acids is 2. The number of ether oxygens (including phenoxy) is 1. The van der Waals surface area contributed by atoms with E-state index in [2.05, 4.69) is 32.5 Å². The number of nitrogens with zero attached hydrogens (tertiary/aromatic N) is 2. The molecule has 0 unspecified atom stereocenters. The molecule has 1 aliphatic rings. The fraction of sp³-hybridized carbons (Fsp3) is 0.133. The maximum Gasteiger partial charge on any atom is 0.379 e. The molecule has 0 saturated heterocycles. The highest BCUT2D eigenvalue weighted by Gasteiger charge is 2.29. The van der Waals surface area contributed by atoms with Crippen LogP contribution in [0, 0.1) is 18.3 Å². The van der Waals surface area contributed by atoms with Gasteiger partial charge in [0.25, 0.3) is 5.91 Å². The Kier molecular flexibility index (Phi) is 7.20. The standard InChI is InChI=1S/C30H22BrN3O4/c1-18-27-25(33-34-29(35)23-5-2-3-6-24(23)31)7-4-8-26(27)38-28(18)30(36)37-22-15-13-21(14-16-22)20-11-9-19(17-32)10-12-20/h2-3,5-6,9-16H,4,7-8H2,1H3,(H,34,35)/b33-25+. The molecule has 8 heteroatoms. The molecule has 0 atom stereocenters. The summed E-state index contributed by atoms with van der Waals surface area (Å²) in [5.74, 6) is 0.237. The Hall–Kier alpha value is -4.48. The van der Waals surface area contributed by atoms with E-state index in [0.717, 1.165) is 23.1 Å². The first-order valence-corrected chi connectivity index (χ1v) is 12.8. The van der Waals surface area contributed by atoms with Crippen LogP contribution in [-0.4, -0.2) is 17.6 Å². The first-order valence-electron chi connectivity index (χ1n) is 12.0. The van der Waals surface area contributed by atoms with Gasteiger partial charge in [-0.15, -0.1) is 0 Å². The molecule has 0 fully saturated rings. The van der Waals surface area contributed by atoms with Crippen molar-refractivity contribution in [2.45, 2.75) is 26.2 Å². The predicted molar refractivity (Wildman–Crippen MR) is 146 cm³/mol. The molecule has 7 nitrogen and oxygen atoms in total. The molecular weight excluding hydrogens is 546 g/mol. The van der Waals surface area contributed by atoms with Crippen LogP contribution >= 0.6 is 15.9 Å². The fourth-order valence-corrected chi connectivity index (χ4v) is 4.87. The molecule has 188 valence electrons. The Bertz CT molecular complexity index is 1600. The zero-order chi connectivity index (χ0) is 26.6. The largest absolute Gasteiger partial charge is 0.453 e. The molecule has 0 spiro atoms. The van der Waals surface area contributed by atoms with Crippen molar-refractivity contribution in [1.29, 1.82) is 5.26 Å². The zero-order valence-electron chi connectivity index (χ0n) is 20.5. The highest BCUT2D eigenvalue weighted by atomic mass is 79.9. The number of amides is 1. The van der Waals surface area contributed by atoms with E-state index in [9.17, 15) is 9.59 Å². The summed E-state index contributed by atoms with van der Waals surface area (Å²) < 4.78 is 12.2. The second-order valence-electron chi connectivity index (χ2n) is 8.79. The normalized spacial score (nSPS) is 13.4. The summed E-state index contributed by atoms with van der Waals surface area (Å²) in [4.78, 5) is 25.6. The summed E-state index contributed by atoms with van der Waals surface area (Å²) in [6, 6.07) is 23.6. The minimum Gasteiger partial charge on any atom is -0.453 e. The summed E-state index contributed by atoms with van der Waals surface area (Å²) in [7, 11) is 0. The topological polar surface area (TPSA) is 105 Å². The number of hydrazone groups is 1. The minimum absolute atomic E-state index is 0.123. The molecule has 38 heavy (non-hydrogen) atoms. The molecule has 1 amide bonds. The van der Waals surface area contributed by atoms with Crippen LogP contribution in [0.1, 0.15) is 56.2 Å². The summed E-state index contributed by atoms with van der Waals surface area (Å²) in [5, 5.41) is 13.3. The number of rotatable bonds is 5. The molecule has 0 saturated carbocycles. The van der Waals surface area contributed by atoms with Crippen LogP contribution in [0.25, 0.3) is 11.1 Å². The summed E-state index contributed by atoms with van der Waals surface area (Å²) in [5.41, 5.74) is 7.63. The van der Waals surface area contributed by atoms with Crippen LogP contribution in [0.5, 0.6) is 5.75 Å². The quantitative estimate of drug-likeness (QED) is 0.166. The minimum atomic E-state index is -0.598. The number of carbonyl (C=O) groups is 2. The van der Waals surface area contributed by atoms with Crippen molar-refractivity contribution in [3.05, 3.63) is 111 Å². The van der Waals surface area contributed by atoms with E-state index in [1.54, 1.807) is 49.4 Å². The van der Waals surface area contributed by atoms with E-state index in [1.807, 2.05) is 30.3 Å². The molecule has 0 radical (unpaired) electrons. The monoisotopic (exact) mass is 567 g/mol. The molecule has 1 aromatic heterocycles. The number of furan rings is 1. The number of aryl methyl sites for hydroxylation is 1. The Morgan fingerprint density at radius 3 is 2.37 bits per heavy atom. The van der Waals surface area contributed by atoms with Gasteiger partial charge in [0.2, 0.25) is 5.76 Å². The lowest BCUT2D eigenvalue weighted by atomic mass is 9.93. The third-order valence-corrected chi connectivity index (χ3v) is 7.03. The van der Waals surface area contributed by atoms with E-state index in [4.69, 9.17) is 14.4 Å². The van der Waals surface area contributed by atoms with Gasteiger partial charge in [-0.25, -0.2) is 10.2 Å². The molecule has 1 aliphatic carbocycles. The Morgan fingerprint density at radius 2 is 1.68 bits per heavy atom. The lowest BCUT2D eigenvalue weighted by Crippen LogP contribution is -2.22. The third-order valence-electron chi connectivity index (χ3n) is 6.33. The van der Waals surface area contributed by atoms with Gasteiger partial charge < -0.3 is 9.15 Å². The van der Waals surface area contributed by atoms with Crippen molar-refractivity contribution >= 4 is 33.5 Å². The van der Waals surface area contributed by atoms with Crippen molar-refractivity contribution in [1.82, 2.24) is 5.43 Å². The van der Waals surface area contributed by atoms with Gasteiger partial charge in [0.1, 0.15) is 11.5 Å². The smallest absolute Gasteiger partial charge is 0.379 e. The number of benzene rings is 3. The SMILES string of the molecule is Cc1c(C(=O)Oc2ccc(-c3ccc(C#N)cc3)cc2)oc2c1/C(=N/NC(=O)c1ccccc1Br)CCC2. The van der Waals surface area contributed by atoms with Crippen molar-refractivity contribution in [3.8, 4) is 22.9 Å². The molecule has 0 bridgehead atoms. The van der Waals surface area contributed by atoms with E-state index in [0.29, 0.717) is 51.2 Å². The van der Waals surface area contributed by atoms with Crippen molar-refractivity contribution in [3.63, 3.8) is 0 Å². The van der Waals surface area contributed by atoms with Gasteiger partial charge >= 0.3 is 5.97 Å². The number of halogens is 1. The fourth-order valence-electron chi connectivity index (χ4n) is 4.40. The van der Waals surface area contributed by atoms with Gasteiger partial charge in [0, 0.05) is 22.0 Å². The van der Waals surface area contributed by atoms with E-state index in [-0.39, 0.29) is 11.7 Å².